The maximum atomic E-state index is 3.93. The molecule has 10 heavy (non-hydrogen) atoms. The number of aromatic amines is 1. The molecular weight excluding hydrogens is 124 g/mol. The highest BCUT2D eigenvalue weighted by Gasteiger charge is 2.29. The summed E-state index contributed by atoms with van der Waals surface area (Å²) in [5.74, 6) is 1.63. The SMILES string of the molecule is CC(c1ccn[nH]1)C1CC1. The molecule has 1 saturated carbocycles. The van der Waals surface area contributed by atoms with E-state index in [9.17, 15) is 0 Å². The van der Waals surface area contributed by atoms with Gasteiger partial charge in [-0.05, 0) is 24.8 Å². The summed E-state index contributed by atoms with van der Waals surface area (Å²) in [7, 11) is 0. The Balaban J connectivity index is 2.11. The quantitative estimate of drug-likeness (QED) is 0.661. The minimum Gasteiger partial charge on any atom is -0.282 e. The van der Waals surface area contributed by atoms with Crippen LogP contribution in [0.25, 0.3) is 0 Å². The van der Waals surface area contributed by atoms with E-state index in [4.69, 9.17) is 0 Å². The molecule has 0 bridgehead atoms. The Morgan fingerprint density at radius 2 is 2.50 bits per heavy atom. The Hall–Kier alpha value is -0.790. The first-order chi connectivity index (χ1) is 4.88. The molecule has 1 fully saturated rings. The van der Waals surface area contributed by atoms with Crippen molar-refractivity contribution in [1.82, 2.24) is 10.2 Å². The van der Waals surface area contributed by atoms with Gasteiger partial charge in [0.2, 0.25) is 0 Å². The van der Waals surface area contributed by atoms with Gasteiger partial charge in [-0.25, -0.2) is 0 Å². The van der Waals surface area contributed by atoms with Gasteiger partial charge in [-0.1, -0.05) is 6.92 Å². The van der Waals surface area contributed by atoms with Crippen molar-refractivity contribution in [2.75, 3.05) is 0 Å². The molecule has 0 amide bonds. The largest absolute Gasteiger partial charge is 0.282 e. The molecule has 2 nitrogen and oxygen atoms in total. The zero-order valence-electron chi connectivity index (χ0n) is 6.17. The molecule has 1 aliphatic rings. The number of rotatable bonds is 2. The van der Waals surface area contributed by atoms with Crippen molar-refractivity contribution >= 4 is 0 Å². The normalized spacial score (nSPS) is 20.9. The van der Waals surface area contributed by atoms with Crippen molar-refractivity contribution in [2.24, 2.45) is 5.92 Å². The molecule has 1 atom stereocenters. The topological polar surface area (TPSA) is 28.7 Å². The fourth-order valence-corrected chi connectivity index (χ4v) is 1.37. The monoisotopic (exact) mass is 136 g/mol. The van der Waals surface area contributed by atoms with E-state index >= 15 is 0 Å². The third-order valence-corrected chi connectivity index (χ3v) is 2.34. The third-order valence-electron chi connectivity index (χ3n) is 2.34. The lowest BCUT2D eigenvalue weighted by atomic mass is 10.0. The van der Waals surface area contributed by atoms with Crippen molar-refractivity contribution in [3.63, 3.8) is 0 Å². The van der Waals surface area contributed by atoms with Crippen LogP contribution in [0.2, 0.25) is 0 Å². The summed E-state index contributed by atoms with van der Waals surface area (Å²) in [6.07, 6.45) is 4.63. The Morgan fingerprint density at radius 3 is 3.00 bits per heavy atom. The van der Waals surface area contributed by atoms with Crippen molar-refractivity contribution in [1.29, 1.82) is 0 Å². The van der Waals surface area contributed by atoms with Crippen LogP contribution in [-0.2, 0) is 0 Å². The predicted octanol–water partition coefficient (Wildman–Crippen LogP) is 1.92. The third kappa shape index (κ3) is 0.939. The van der Waals surface area contributed by atoms with Gasteiger partial charge >= 0.3 is 0 Å². The summed E-state index contributed by atoms with van der Waals surface area (Å²) in [4.78, 5) is 0. The number of hydrogen-bond donors (Lipinski definition) is 1. The van der Waals surface area contributed by atoms with Crippen molar-refractivity contribution in [2.45, 2.75) is 25.7 Å². The van der Waals surface area contributed by atoms with Gasteiger partial charge in [-0.2, -0.15) is 5.10 Å². The van der Waals surface area contributed by atoms with E-state index in [-0.39, 0.29) is 0 Å². The van der Waals surface area contributed by atoms with Crippen LogP contribution < -0.4 is 0 Å². The van der Waals surface area contributed by atoms with Gasteiger partial charge in [-0.15, -0.1) is 0 Å². The van der Waals surface area contributed by atoms with Crippen LogP contribution in [0.4, 0.5) is 0 Å². The van der Waals surface area contributed by atoms with E-state index in [1.54, 1.807) is 0 Å². The average molecular weight is 136 g/mol. The standard InChI is InChI=1S/C8H12N2/c1-6(7-2-3-7)8-4-5-9-10-8/h4-7H,2-3H2,1H3,(H,9,10). The summed E-state index contributed by atoms with van der Waals surface area (Å²) in [6, 6.07) is 2.07. The minimum atomic E-state index is 0.697. The molecule has 2 heteroatoms. The van der Waals surface area contributed by atoms with Crippen LogP contribution in [0, 0.1) is 5.92 Å². The Kier molecular flexibility index (Phi) is 1.26. The lowest BCUT2D eigenvalue weighted by molar-refractivity contribution is 0.641. The molecule has 0 aromatic carbocycles. The smallest absolute Gasteiger partial charge is 0.0490 e. The fourth-order valence-electron chi connectivity index (χ4n) is 1.37. The van der Waals surface area contributed by atoms with E-state index in [0.29, 0.717) is 5.92 Å². The van der Waals surface area contributed by atoms with E-state index in [0.717, 1.165) is 5.92 Å². The van der Waals surface area contributed by atoms with Gasteiger partial charge in [0.15, 0.2) is 0 Å². The fraction of sp³-hybridized carbons (Fsp3) is 0.625. The molecule has 54 valence electrons. The van der Waals surface area contributed by atoms with Crippen molar-refractivity contribution in [3.8, 4) is 0 Å². The molecule has 1 heterocycles. The van der Waals surface area contributed by atoms with E-state index in [2.05, 4.69) is 23.2 Å². The van der Waals surface area contributed by atoms with Gasteiger partial charge < -0.3 is 0 Å². The van der Waals surface area contributed by atoms with E-state index in [1.807, 2.05) is 6.20 Å². The van der Waals surface area contributed by atoms with Crippen LogP contribution in [0.1, 0.15) is 31.4 Å². The molecular formula is C8H12N2. The highest BCUT2D eigenvalue weighted by atomic mass is 15.1. The molecule has 1 aromatic rings. The number of nitrogens with one attached hydrogen (secondary N) is 1. The Labute approximate surface area is 60.6 Å². The molecule has 1 aromatic heterocycles. The average Bonchev–Trinajstić information content (AvgIpc) is 2.65. The van der Waals surface area contributed by atoms with Gasteiger partial charge in [-0.3, -0.25) is 5.10 Å². The Morgan fingerprint density at radius 1 is 1.70 bits per heavy atom. The molecule has 2 rings (SSSR count). The Bertz CT molecular complexity index is 199. The predicted molar refractivity (Wildman–Crippen MR) is 39.7 cm³/mol. The summed E-state index contributed by atoms with van der Waals surface area (Å²) in [5, 5.41) is 6.94. The van der Waals surface area contributed by atoms with Gasteiger partial charge in [0.25, 0.3) is 0 Å². The summed E-state index contributed by atoms with van der Waals surface area (Å²) in [5.41, 5.74) is 1.29. The number of aromatic nitrogens is 2. The van der Waals surface area contributed by atoms with Crippen LogP contribution in [0.3, 0.4) is 0 Å². The molecule has 1 N–H and O–H groups in total. The number of hydrogen-bond acceptors (Lipinski definition) is 1. The first-order valence-electron chi connectivity index (χ1n) is 3.87. The van der Waals surface area contributed by atoms with Gasteiger partial charge in [0.1, 0.15) is 0 Å². The first-order valence-corrected chi connectivity index (χ1v) is 3.87. The van der Waals surface area contributed by atoms with Crippen LogP contribution >= 0.6 is 0 Å². The summed E-state index contributed by atoms with van der Waals surface area (Å²) < 4.78 is 0. The van der Waals surface area contributed by atoms with Gasteiger partial charge in [0.05, 0.1) is 0 Å². The van der Waals surface area contributed by atoms with Crippen LogP contribution in [-0.4, -0.2) is 10.2 Å². The molecule has 0 aliphatic heterocycles. The maximum absolute atomic E-state index is 3.93. The lowest BCUT2D eigenvalue weighted by Crippen LogP contribution is -1.95. The molecule has 1 unspecified atom stereocenters. The van der Waals surface area contributed by atoms with Crippen LogP contribution in [0.15, 0.2) is 12.3 Å². The summed E-state index contributed by atoms with van der Waals surface area (Å²) in [6.45, 7) is 2.27. The second kappa shape index (κ2) is 2.11. The second-order valence-electron chi connectivity index (χ2n) is 3.14. The van der Waals surface area contributed by atoms with Crippen LogP contribution in [0.5, 0.6) is 0 Å². The highest BCUT2D eigenvalue weighted by molar-refractivity contribution is 5.08. The minimum absolute atomic E-state index is 0.697. The van der Waals surface area contributed by atoms with Gasteiger partial charge in [0, 0.05) is 17.8 Å². The molecule has 0 saturated heterocycles. The molecule has 0 radical (unpaired) electrons. The number of nitrogens with zero attached hydrogens (tertiary/aromatic N) is 1. The maximum Gasteiger partial charge on any atom is 0.0490 e. The van der Waals surface area contributed by atoms with Crippen molar-refractivity contribution < 1.29 is 0 Å². The highest BCUT2D eigenvalue weighted by Crippen LogP contribution is 2.41. The zero-order valence-corrected chi connectivity index (χ0v) is 6.17. The first kappa shape index (κ1) is 5.96. The van der Waals surface area contributed by atoms with E-state index < -0.39 is 0 Å². The molecule has 1 aliphatic carbocycles. The molecule has 0 spiro atoms. The number of H-pyrrole nitrogens is 1. The summed E-state index contributed by atoms with van der Waals surface area (Å²) >= 11 is 0. The van der Waals surface area contributed by atoms with E-state index in [1.165, 1.54) is 18.5 Å². The second-order valence-corrected chi connectivity index (χ2v) is 3.14. The lowest BCUT2D eigenvalue weighted by Gasteiger charge is -2.04. The van der Waals surface area contributed by atoms with Crippen molar-refractivity contribution in [3.05, 3.63) is 18.0 Å². The zero-order chi connectivity index (χ0) is 6.97.